The second-order valence-electron chi connectivity index (χ2n) is 2.99. The topological polar surface area (TPSA) is 15.3 Å². The van der Waals surface area contributed by atoms with Gasteiger partial charge in [-0.2, -0.15) is 0 Å². The highest BCUT2D eigenvalue weighted by atomic mass is 79.9. The van der Waals surface area contributed by atoms with Gasteiger partial charge in [0.05, 0.1) is 0 Å². The Balaban J connectivity index is 1.86. The van der Waals surface area contributed by atoms with Crippen molar-refractivity contribution in [3.63, 3.8) is 0 Å². The Kier molecular flexibility index (Phi) is 5.15. The van der Waals surface area contributed by atoms with E-state index in [1.165, 1.54) is 32.5 Å². The Morgan fingerprint density at radius 2 is 1.91 bits per heavy atom. The second kappa shape index (κ2) is 5.98. The van der Waals surface area contributed by atoms with Gasteiger partial charge >= 0.3 is 0 Å². The monoisotopic (exact) mass is 220 g/mol. The molecule has 1 aliphatic heterocycles. The molecule has 1 aliphatic rings. The van der Waals surface area contributed by atoms with Gasteiger partial charge in [-0.25, -0.2) is 0 Å². The van der Waals surface area contributed by atoms with Gasteiger partial charge in [0.1, 0.15) is 0 Å². The third kappa shape index (κ3) is 4.09. The molecule has 0 aromatic carbocycles. The van der Waals surface area contributed by atoms with Crippen molar-refractivity contribution in [1.29, 1.82) is 0 Å². The van der Waals surface area contributed by atoms with Crippen LogP contribution in [-0.4, -0.2) is 43.0 Å². The minimum atomic E-state index is 1.06. The molecule has 0 saturated carbocycles. The van der Waals surface area contributed by atoms with Crippen molar-refractivity contribution in [2.45, 2.75) is 12.8 Å². The highest BCUT2D eigenvalue weighted by Crippen LogP contribution is 2.05. The minimum Gasteiger partial charge on any atom is -0.315 e. The first-order valence-corrected chi connectivity index (χ1v) is 5.54. The molecule has 0 unspecified atom stereocenters. The first kappa shape index (κ1) is 9.49. The summed E-state index contributed by atoms with van der Waals surface area (Å²) >= 11 is 3.39. The van der Waals surface area contributed by atoms with Gasteiger partial charge in [-0.3, -0.25) is 0 Å². The number of nitrogens with zero attached hydrogens (tertiary/aromatic N) is 1. The van der Waals surface area contributed by atoms with Gasteiger partial charge in [0.15, 0.2) is 0 Å². The van der Waals surface area contributed by atoms with E-state index in [0.717, 1.165) is 18.4 Å². The van der Waals surface area contributed by atoms with Crippen molar-refractivity contribution in [3.8, 4) is 0 Å². The van der Waals surface area contributed by atoms with E-state index in [1.54, 1.807) is 0 Å². The third-order valence-electron chi connectivity index (χ3n) is 2.07. The molecule has 1 heterocycles. The summed E-state index contributed by atoms with van der Waals surface area (Å²) in [5.41, 5.74) is 0. The normalized spacial score (nSPS) is 19.4. The molecule has 0 amide bonds. The molecule has 0 aromatic heterocycles. The fourth-order valence-corrected chi connectivity index (χ4v) is 1.72. The van der Waals surface area contributed by atoms with Crippen LogP contribution in [0.5, 0.6) is 0 Å². The zero-order chi connectivity index (χ0) is 7.94. The zero-order valence-corrected chi connectivity index (χ0v) is 8.57. The lowest BCUT2D eigenvalue weighted by molar-refractivity contribution is 0.337. The zero-order valence-electron chi connectivity index (χ0n) is 6.98. The molecule has 0 spiro atoms. The fourth-order valence-electron chi connectivity index (χ4n) is 1.44. The van der Waals surface area contributed by atoms with E-state index in [2.05, 4.69) is 26.1 Å². The quantitative estimate of drug-likeness (QED) is 0.551. The third-order valence-corrected chi connectivity index (χ3v) is 2.47. The van der Waals surface area contributed by atoms with Gasteiger partial charge in [0.2, 0.25) is 0 Å². The molecule has 1 fully saturated rings. The largest absolute Gasteiger partial charge is 0.315 e. The first-order chi connectivity index (χ1) is 5.43. The average Bonchev–Trinajstić information content (AvgIpc) is 2.50. The van der Waals surface area contributed by atoms with E-state index in [-0.39, 0.29) is 0 Å². The average molecular weight is 221 g/mol. The van der Waals surface area contributed by atoms with E-state index < -0.39 is 0 Å². The molecule has 3 heteroatoms. The van der Waals surface area contributed by atoms with Crippen LogP contribution in [0.3, 0.4) is 0 Å². The summed E-state index contributed by atoms with van der Waals surface area (Å²) in [5, 5.41) is 4.44. The number of likely N-dealkylation sites (tertiary alicyclic amines) is 1. The first-order valence-electron chi connectivity index (χ1n) is 4.42. The van der Waals surface area contributed by atoms with E-state index in [9.17, 15) is 0 Å². The highest BCUT2D eigenvalue weighted by molar-refractivity contribution is 9.09. The molecule has 66 valence electrons. The molecule has 11 heavy (non-hydrogen) atoms. The molecule has 1 saturated heterocycles. The van der Waals surface area contributed by atoms with Crippen molar-refractivity contribution >= 4 is 15.9 Å². The molecule has 0 radical (unpaired) electrons. The summed E-state index contributed by atoms with van der Waals surface area (Å²) in [7, 11) is 0. The molecule has 0 aromatic rings. The van der Waals surface area contributed by atoms with Crippen molar-refractivity contribution in [2.24, 2.45) is 0 Å². The van der Waals surface area contributed by atoms with Crippen LogP contribution in [0, 0.1) is 0 Å². The maximum absolute atomic E-state index is 3.39. The van der Waals surface area contributed by atoms with Crippen molar-refractivity contribution in [2.75, 3.05) is 38.1 Å². The van der Waals surface area contributed by atoms with E-state index in [0.29, 0.717) is 0 Å². The summed E-state index contributed by atoms with van der Waals surface area (Å²) in [6.45, 7) is 6.10. The number of alkyl halides is 1. The van der Waals surface area contributed by atoms with Crippen LogP contribution >= 0.6 is 15.9 Å². The van der Waals surface area contributed by atoms with Crippen LogP contribution in [0.25, 0.3) is 0 Å². The number of rotatable bonds is 5. The van der Waals surface area contributed by atoms with Crippen LogP contribution < -0.4 is 5.32 Å². The van der Waals surface area contributed by atoms with Gasteiger partial charge in [0, 0.05) is 25.0 Å². The lowest BCUT2D eigenvalue weighted by Crippen LogP contribution is -2.30. The Morgan fingerprint density at radius 1 is 1.18 bits per heavy atom. The molecule has 1 N–H and O–H groups in total. The minimum absolute atomic E-state index is 1.06. The molecule has 1 rings (SSSR count). The van der Waals surface area contributed by atoms with E-state index in [1.807, 2.05) is 0 Å². The second-order valence-corrected chi connectivity index (χ2v) is 3.78. The Morgan fingerprint density at radius 3 is 2.55 bits per heavy atom. The molecular weight excluding hydrogens is 204 g/mol. The molecule has 0 aliphatic carbocycles. The van der Waals surface area contributed by atoms with Gasteiger partial charge < -0.3 is 10.2 Å². The van der Waals surface area contributed by atoms with E-state index >= 15 is 0 Å². The summed E-state index contributed by atoms with van der Waals surface area (Å²) in [4.78, 5) is 2.53. The predicted molar refractivity (Wildman–Crippen MR) is 52.3 cm³/mol. The predicted octanol–water partition coefficient (Wildman–Crippen LogP) is 1.07. The summed E-state index contributed by atoms with van der Waals surface area (Å²) in [6.07, 6.45) is 2.80. The Labute approximate surface area is 77.5 Å². The number of halogens is 1. The summed E-state index contributed by atoms with van der Waals surface area (Å²) in [6, 6.07) is 0. The van der Waals surface area contributed by atoms with Gasteiger partial charge in [0.25, 0.3) is 0 Å². The SMILES string of the molecule is BrCCNCCN1CCCC1. The number of hydrogen-bond donors (Lipinski definition) is 1. The Bertz CT molecular complexity index is 92.1. The smallest absolute Gasteiger partial charge is 0.0157 e. The van der Waals surface area contributed by atoms with Crippen molar-refractivity contribution < 1.29 is 0 Å². The van der Waals surface area contributed by atoms with Crippen LogP contribution in [-0.2, 0) is 0 Å². The fraction of sp³-hybridized carbons (Fsp3) is 1.00. The van der Waals surface area contributed by atoms with Crippen LogP contribution in [0.15, 0.2) is 0 Å². The standard InChI is InChI=1S/C8H17BrN2/c9-3-4-10-5-8-11-6-1-2-7-11/h10H,1-8H2. The maximum atomic E-state index is 3.39. The lowest BCUT2D eigenvalue weighted by atomic mass is 10.4. The lowest BCUT2D eigenvalue weighted by Gasteiger charge is -2.13. The van der Waals surface area contributed by atoms with Crippen LogP contribution in [0.2, 0.25) is 0 Å². The molecular formula is C8H17BrN2. The van der Waals surface area contributed by atoms with Crippen molar-refractivity contribution in [1.82, 2.24) is 10.2 Å². The summed E-state index contributed by atoms with van der Waals surface area (Å²) < 4.78 is 0. The van der Waals surface area contributed by atoms with Gasteiger partial charge in [-0.15, -0.1) is 0 Å². The highest BCUT2D eigenvalue weighted by Gasteiger charge is 2.09. The van der Waals surface area contributed by atoms with Crippen LogP contribution in [0.1, 0.15) is 12.8 Å². The van der Waals surface area contributed by atoms with E-state index in [4.69, 9.17) is 0 Å². The Hall–Kier alpha value is 0.400. The molecule has 0 atom stereocenters. The summed E-state index contributed by atoms with van der Waals surface area (Å²) in [5.74, 6) is 0. The molecule has 0 bridgehead atoms. The van der Waals surface area contributed by atoms with Crippen molar-refractivity contribution in [3.05, 3.63) is 0 Å². The maximum Gasteiger partial charge on any atom is 0.0157 e. The molecule has 2 nitrogen and oxygen atoms in total. The van der Waals surface area contributed by atoms with Gasteiger partial charge in [-0.05, 0) is 25.9 Å². The van der Waals surface area contributed by atoms with Crippen LogP contribution in [0.4, 0.5) is 0 Å². The van der Waals surface area contributed by atoms with Gasteiger partial charge in [-0.1, -0.05) is 15.9 Å². The number of hydrogen-bond acceptors (Lipinski definition) is 2. The number of nitrogens with one attached hydrogen (secondary N) is 1.